The number of carbonyl (C=O) groups excluding carboxylic acids is 1. The number of hydrogen-bond acceptors (Lipinski definition) is 5. The maximum absolute atomic E-state index is 12.4. The van der Waals surface area contributed by atoms with Gasteiger partial charge in [0.05, 0.1) is 23.9 Å². The lowest BCUT2D eigenvalue weighted by atomic mass is 10.1. The number of fused-ring (bicyclic) bond motifs is 1. The summed E-state index contributed by atoms with van der Waals surface area (Å²) in [6.07, 6.45) is 2.54. The van der Waals surface area contributed by atoms with Crippen LogP contribution in [0.4, 0.5) is 0 Å². The van der Waals surface area contributed by atoms with Crippen molar-refractivity contribution in [3.63, 3.8) is 0 Å². The molecule has 5 nitrogen and oxygen atoms in total. The minimum atomic E-state index is 0.247. The number of methoxy groups -OCH3 is 1. The third-order valence-electron chi connectivity index (χ3n) is 5.21. The number of benzene rings is 2. The van der Waals surface area contributed by atoms with E-state index in [4.69, 9.17) is 9.72 Å². The van der Waals surface area contributed by atoms with Crippen LogP contribution in [0.15, 0.2) is 48.5 Å². The predicted octanol–water partition coefficient (Wildman–Crippen LogP) is 3.98. The third-order valence-corrected chi connectivity index (χ3v) is 6.24. The Kier molecular flexibility index (Phi) is 5.88. The van der Waals surface area contributed by atoms with Gasteiger partial charge in [-0.2, -0.15) is 0 Å². The van der Waals surface area contributed by atoms with Crippen molar-refractivity contribution in [1.29, 1.82) is 0 Å². The number of likely N-dealkylation sites (tertiary alicyclic amines) is 1. The number of nitrogens with one attached hydrogen (secondary N) is 1. The average molecular weight is 396 g/mol. The quantitative estimate of drug-likeness (QED) is 0.586. The molecule has 1 aliphatic rings. The van der Waals surface area contributed by atoms with Crippen LogP contribution in [0.5, 0.6) is 5.75 Å². The molecule has 1 saturated heterocycles. The van der Waals surface area contributed by atoms with Crippen LogP contribution < -0.4 is 10.1 Å². The molecule has 2 aromatic carbocycles. The molecule has 4 rings (SSSR count). The Bertz CT molecular complexity index is 923. The Hall–Kier alpha value is -2.44. The minimum absolute atomic E-state index is 0.247. The summed E-state index contributed by atoms with van der Waals surface area (Å²) in [5.41, 5.74) is 2.22. The molecular formula is C22H25N3O2S. The SMILES string of the molecule is COc1cccc(CNCCC2CCC(=O)N2Cc2nc3ccccc3s2)c1. The molecule has 0 bridgehead atoms. The highest BCUT2D eigenvalue weighted by Crippen LogP contribution is 2.27. The zero-order valence-electron chi connectivity index (χ0n) is 16.1. The molecule has 0 aliphatic carbocycles. The van der Waals surface area contributed by atoms with Crippen molar-refractivity contribution >= 4 is 27.5 Å². The fourth-order valence-electron chi connectivity index (χ4n) is 3.73. The summed E-state index contributed by atoms with van der Waals surface area (Å²) in [6, 6.07) is 16.5. The Morgan fingerprint density at radius 3 is 3.00 bits per heavy atom. The van der Waals surface area contributed by atoms with E-state index < -0.39 is 0 Å². The highest BCUT2D eigenvalue weighted by molar-refractivity contribution is 7.18. The molecule has 3 aromatic rings. The van der Waals surface area contributed by atoms with Gasteiger partial charge in [0.25, 0.3) is 0 Å². The van der Waals surface area contributed by atoms with Gasteiger partial charge in [-0.1, -0.05) is 24.3 Å². The van der Waals surface area contributed by atoms with Gasteiger partial charge in [-0.25, -0.2) is 4.98 Å². The van der Waals surface area contributed by atoms with Crippen molar-refractivity contribution in [2.24, 2.45) is 0 Å². The number of rotatable bonds is 8. The molecule has 0 saturated carbocycles. The van der Waals surface area contributed by atoms with Gasteiger partial charge in [0.2, 0.25) is 5.91 Å². The molecular weight excluding hydrogens is 370 g/mol. The van der Waals surface area contributed by atoms with E-state index in [1.165, 1.54) is 10.3 Å². The minimum Gasteiger partial charge on any atom is -0.497 e. The number of amides is 1. The van der Waals surface area contributed by atoms with Gasteiger partial charge in [0, 0.05) is 19.0 Å². The number of thiazole rings is 1. The molecule has 1 fully saturated rings. The molecule has 28 heavy (non-hydrogen) atoms. The van der Waals surface area contributed by atoms with E-state index in [0.717, 1.165) is 42.2 Å². The number of carbonyl (C=O) groups is 1. The van der Waals surface area contributed by atoms with Crippen molar-refractivity contribution in [3.8, 4) is 5.75 Å². The topological polar surface area (TPSA) is 54.5 Å². The first-order chi connectivity index (χ1) is 13.7. The summed E-state index contributed by atoms with van der Waals surface area (Å²) in [5.74, 6) is 1.12. The first-order valence-corrected chi connectivity index (χ1v) is 10.5. The van der Waals surface area contributed by atoms with Gasteiger partial charge in [0.15, 0.2) is 0 Å². The lowest BCUT2D eigenvalue weighted by Crippen LogP contribution is -2.34. The van der Waals surface area contributed by atoms with Crippen LogP contribution >= 0.6 is 11.3 Å². The molecule has 0 spiro atoms. The Labute approximate surface area is 169 Å². The van der Waals surface area contributed by atoms with Crippen LogP contribution in [0.2, 0.25) is 0 Å². The number of hydrogen-bond donors (Lipinski definition) is 1. The van der Waals surface area contributed by atoms with Crippen LogP contribution in [0.25, 0.3) is 10.2 Å². The van der Waals surface area contributed by atoms with Crippen LogP contribution in [0, 0.1) is 0 Å². The van der Waals surface area contributed by atoms with E-state index in [9.17, 15) is 4.79 Å². The lowest BCUT2D eigenvalue weighted by molar-refractivity contribution is -0.129. The zero-order valence-corrected chi connectivity index (χ0v) is 16.9. The summed E-state index contributed by atoms with van der Waals surface area (Å²) in [7, 11) is 1.68. The standard InChI is InChI=1S/C22H25N3O2S/c1-27-18-6-4-5-16(13-18)14-23-12-11-17-9-10-22(26)25(17)15-21-24-19-7-2-3-8-20(19)28-21/h2-8,13,17,23H,9-12,14-15H2,1H3. The molecule has 1 aliphatic heterocycles. The maximum atomic E-state index is 12.4. The maximum Gasteiger partial charge on any atom is 0.223 e. The normalized spacial score (nSPS) is 16.8. The third kappa shape index (κ3) is 4.34. The molecule has 1 atom stereocenters. The molecule has 0 radical (unpaired) electrons. The molecule has 6 heteroatoms. The smallest absolute Gasteiger partial charge is 0.223 e. The van der Waals surface area contributed by atoms with E-state index in [1.807, 2.05) is 41.3 Å². The van der Waals surface area contributed by atoms with Crippen molar-refractivity contribution in [1.82, 2.24) is 15.2 Å². The van der Waals surface area contributed by atoms with Gasteiger partial charge in [-0.05, 0) is 49.2 Å². The van der Waals surface area contributed by atoms with Gasteiger partial charge >= 0.3 is 0 Å². The summed E-state index contributed by atoms with van der Waals surface area (Å²) >= 11 is 1.68. The largest absolute Gasteiger partial charge is 0.497 e. The highest BCUT2D eigenvalue weighted by atomic mass is 32.1. The monoisotopic (exact) mass is 395 g/mol. The van der Waals surface area contributed by atoms with E-state index in [0.29, 0.717) is 13.0 Å². The second-order valence-corrected chi connectivity index (χ2v) is 8.22. The molecule has 146 valence electrons. The average Bonchev–Trinajstić information content (AvgIpc) is 3.29. The first-order valence-electron chi connectivity index (χ1n) is 9.70. The second kappa shape index (κ2) is 8.71. The molecule has 1 aromatic heterocycles. The molecule has 2 heterocycles. The lowest BCUT2D eigenvalue weighted by Gasteiger charge is -2.24. The Morgan fingerprint density at radius 1 is 1.25 bits per heavy atom. The van der Waals surface area contributed by atoms with Gasteiger partial charge in [0.1, 0.15) is 10.8 Å². The summed E-state index contributed by atoms with van der Waals surface area (Å²) in [5, 5.41) is 4.51. The van der Waals surface area contributed by atoms with Gasteiger partial charge < -0.3 is 15.0 Å². The van der Waals surface area contributed by atoms with Crippen molar-refractivity contribution in [2.75, 3.05) is 13.7 Å². The van der Waals surface area contributed by atoms with Crippen LogP contribution in [-0.2, 0) is 17.9 Å². The number of aromatic nitrogens is 1. The predicted molar refractivity (Wildman–Crippen MR) is 113 cm³/mol. The zero-order chi connectivity index (χ0) is 19.3. The van der Waals surface area contributed by atoms with Crippen LogP contribution in [0.1, 0.15) is 29.8 Å². The Morgan fingerprint density at radius 2 is 2.14 bits per heavy atom. The number of nitrogens with zero attached hydrogens (tertiary/aromatic N) is 2. The Balaban J connectivity index is 1.31. The fraction of sp³-hybridized carbons (Fsp3) is 0.364. The van der Waals surface area contributed by atoms with Gasteiger partial charge in [-0.3, -0.25) is 4.79 Å². The summed E-state index contributed by atoms with van der Waals surface area (Å²) in [4.78, 5) is 19.1. The first kappa shape index (κ1) is 18.9. The van der Waals surface area contributed by atoms with E-state index in [-0.39, 0.29) is 11.9 Å². The van der Waals surface area contributed by atoms with Crippen LogP contribution in [-0.4, -0.2) is 35.5 Å². The summed E-state index contributed by atoms with van der Waals surface area (Å²) in [6.45, 7) is 2.31. The number of para-hydroxylation sites is 1. The molecule has 1 N–H and O–H groups in total. The number of ether oxygens (including phenoxy) is 1. The van der Waals surface area contributed by atoms with E-state index >= 15 is 0 Å². The molecule has 1 unspecified atom stereocenters. The van der Waals surface area contributed by atoms with Crippen LogP contribution in [0.3, 0.4) is 0 Å². The van der Waals surface area contributed by atoms with E-state index in [2.05, 4.69) is 17.4 Å². The van der Waals surface area contributed by atoms with E-state index in [1.54, 1.807) is 18.4 Å². The highest BCUT2D eigenvalue weighted by Gasteiger charge is 2.31. The second-order valence-electron chi connectivity index (χ2n) is 7.11. The summed E-state index contributed by atoms with van der Waals surface area (Å²) < 4.78 is 6.45. The van der Waals surface area contributed by atoms with Crippen molar-refractivity contribution in [2.45, 2.75) is 38.4 Å². The fourth-order valence-corrected chi connectivity index (χ4v) is 4.69. The van der Waals surface area contributed by atoms with Gasteiger partial charge in [-0.15, -0.1) is 11.3 Å². The van der Waals surface area contributed by atoms with Crippen molar-refractivity contribution in [3.05, 3.63) is 59.1 Å². The molecule has 1 amide bonds. The van der Waals surface area contributed by atoms with Crippen molar-refractivity contribution < 1.29 is 9.53 Å².